The summed E-state index contributed by atoms with van der Waals surface area (Å²) in [5.41, 5.74) is -2.13. The molecular formula is C27H30F6N4O3. The number of benzene rings is 2. The van der Waals surface area contributed by atoms with Gasteiger partial charge in [-0.15, -0.1) is 0 Å². The second-order valence-electron chi connectivity index (χ2n) is 10.3. The third-order valence-corrected chi connectivity index (χ3v) is 7.63. The Labute approximate surface area is 227 Å². The first-order chi connectivity index (χ1) is 18.8. The van der Waals surface area contributed by atoms with Crippen LogP contribution in [0.1, 0.15) is 54.7 Å². The Morgan fingerprint density at radius 3 is 2.20 bits per heavy atom. The van der Waals surface area contributed by atoms with Crippen molar-refractivity contribution in [3.63, 3.8) is 0 Å². The minimum Gasteiger partial charge on any atom is -0.382 e. The van der Waals surface area contributed by atoms with E-state index in [1.165, 1.54) is 18.2 Å². The molecule has 2 saturated heterocycles. The van der Waals surface area contributed by atoms with Crippen LogP contribution in [-0.4, -0.2) is 59.4 Å². The lowest BCUT2D eigenvalue weighted by Crippen LogP contribution is -2.43. The fraction of sp³-hybridized carbons (Fsp3) is 0.519. The molecule has 0 saturated carbocycles. The van der Waals surface area contributed by atoms with Gasteiger partial charge < -0.3 is 15.1 Å². The van der Waals surface area contributed by atoms with E-state index >= 15 is 0 Å². The van der Waals surface area contributed by atoms with Crippen LogP contribution in [0.4, 0.5) is 37.7 Å². The minimum absolute atomic E-state index is 0.0202. The molecule has 0 bridgehead atoms. The molecule has 218 valence electrons. The van der Waals surface area contributed by atoms with E-state index in [-0.39, 0.29) is 23.6 Å². The highest BCUT2D eigenvalue weighted by Gasteiger charge is 2.38. The van der Waals surface area contributed by atoms with Gasteiger partial charge in [-0.05, 0) is 68.5 Å². The van der Waals surface area contributed by atoms with E-state index < -0.39 is 34.1 Å². The number of likely N-dealkylation sites (tertiary alicyclic amines) is 2. The van der Waals surface area contributed by atoms with Gasteiger partial charge in [0.05, 0.1) is 10.5 Å². The summed E-state index contributed by atoms with van der Waals surface area (Å²) >= 11 is 0. The van der Waals surface area contributed by atoms with Gasteiger partial charge in [-0.2, -0.15) is 26.3 Å². The largest absolute Gasteiger partial charge is 0.423 e. The van der Waals surface area contributed by atoms with Gasteiger partial charge in [0, 0.05) is 43.9 Å². The molecule has 0 unspecified atom stereocenters. The van der Waals surface area contributed by atoms with Gasteiger partial charge in [-0.1, -0.05) is 18.2 Å². The molecule has 2 aromatic rings. The maximum absolute atomic E-state index is 13.2. The quantitative estimate of drug-likeness (QED) is 0.239. The van der Waals surface area contributed by atoms with Crippen LogP contribution < -0.4 is 5.32 Å². The zero-order valence-electron chi connectivity index (χ0n) is 21.6. The smallest absolute Gasteiger partial charge is 0.382 e. The Morgan fingerprint density at radius 1 is 0.925 bits per heavy atom. The van der Waals surface area contributed by atoms with Crippen LogP contribution in [0.15, 0.2) is 42.5 Å². The average Bonchev–Trinajstić information content (AvgIpc) is 2.91. The predicted molar refractivity (Wildman–Crippen MR) is 136 cm³/mol. The number of piperidine rings is 2. The van der Waals surface area contributed by atoms with Crippen LogP contribution in [0.5, 0.6) is 0 Å². The number of rotatable bonds is 7. The van der Waals surface area contributed by atoms with Crippen LogP contribution in [0.3, 0.4) is 0 Å². The summed E-state index contributed by atoms with van der Waals surface area (Å²) in [4.78, 5) is 26.5. The fourth-order valence-corrected chi connectivity index (χ4v) is 5.39. The number of carbonyl (C=O) groups excluding carboxylic acids is 1. The van der Waals surface area contributed by atoms with Crippen LogP contribution in [0, 0.1) is 10.1 Å². The van der Waals surface area contributed by atoms with E-state index in [1.807, 2.05) is 0 Å². The number of halogens is 6. The Morgan fingerprint density at radius 2 is 1.60 bits per heavy atom. The third-order valence-electron chi connectivity index (χ3n) is 7.63. The standard InChI is InChI=1S/C27H30F6N4O3/c28-26(29,30)20-3-1-2-19(16-20)18-6-11-35(12-7-18)13-10-25(38)36-14-8-21(9-15-36)34-22-4-5-24(37(39)40)23(17-22)27(31,32)33/h1-5,16-18,21,34H,6-15H2. The van der Waals surface area contributed by atoms with Gasteiger partial charge in [0.2, 0.25) is 5.91 Å². The number of carbonyl (C=O) groups is 1. The fourth-order valence-electron chi connectivity index (χ4n) is 5.39. The average molecular weight is 573 g/mol. The number of hydrogen-bond donors (Lipinski definition) is 1. The number of anilines is 1. The number of alkyl halides is 6. The Balaban J connectivity index is 1.21. The summed E-state index contributed by atoms with van der Waals surface area (Å²) in [6.07, 6.45) is -6.45. The molecule has 7 nitrogen and oxygen atoms in total. The summed E-state index contributed by atoms with van der Waals surface area (Å²) in [5.74, 6) is 0.0249. The van der Waals surface area contributed by atoms with Crippen LogP contribution in [-0.2, 0) is 17.1 Å². The van der Waals surface area contributed by atoms with Crippen molar-refractivity contribution >= 4 is 17.3 Å². The summed E-state index contributed by atoms with van der Waals surface area (Å²) in [6, 6.07) is 8.12. The zero-order chi connectivity index (χ0) is 29.1. The molecule has 2 aromatic carbocycles. The molecule has 2 fully saturated rings. The number of amides is 1. The molecule has 1 amide bonds. The topological polar surface area (TPSA) is 78.7 Å². The van der Waals surface area contributed by atoms with E-state index in [0.29, 0.717) is 70.4 Å². The maximum Gasteiger partial charge on any atom is 0.423 e. The van der Waals surface area contributed by atoms with Crippen molar-refractivity contribution in [3.05, 3.63) is 69.3 Å². The molecule has 0 radical (unpaired) electrons. The number of nitro groups is 1. The molecule has 2 aliphatic heterocycles. The number of hydrogen-bond acceptors (Lipinski definition) is 5. The van der Waals surface area contributed by atoms with Crippen molar-refractivity contribution in [1.29, 1.82) is 0 Å². The van der Waals surface area contributed by atoms with Gasteiger partial charge in [0.25, 0.3) is 5.69 Å². The van der Waals surface area contributed by atoms with Crippen LogP contribution in [0.2, 0.25) is 0 Å². The lowest BCUT2D eigenvalue weighted by molar-refractivity contribution is -0.388. The van der Waals surface area contributed by atoms with Crippen LogP contribution in [0.25, 0.3) is 0 Å². The summed E-state index contributed by atoms with van der Waals surface area (Å²) in [6.45, 7) is 2.81. The lowest BCUT2D eigenvalue weighted by atomic mass is 9.88. The highest BCUT2D eigenvalue weighted by molar-refractivity contribution is 5.76. The Bertz CT molecular complexity index is 1200. The lowest BCUT2D eigenvalue weighted by Gasteiger charge is -2.35. The number of nitrogens with zero attached hydrogens (tertiary/aromatic N) is 3. The third kappa shape index (κ3) is 7.43. The van der Waals surface area contributed by atoms with E-state index in [4.69, 9.17) is 0 Å². The van der Waals surface area contributed by atoms with E-state index in [2.05, 4.69) is 10.2 Å². The summed E-state index contributed by atoms with van der Waals surface area (Å²) in [7, 11) is 0. The molecule has 2 aliphatic rings. The highest BCUT2D eigenvalue weighted by Crippen LogP contribution is 2.38. The Kier molecular flexibility index (Phi) is 8.91. The molecule has 0 spiro atoms. The zero-order valence-corrected chi connectivity index (χ0v) is 21.6. The van der Waals surface area contributed by atoms with Crippen molar-refractivity contribution in [1.82, 2.24) is 9.80 Å². The van der Waals surface area contributed by atoms with Crippen molar-refractivity contribution in [2.24, 2.45) is 0 Å². The first-order valence-corrected chi connectivity index (χ1v) is 13.1. The molecule has 2 heterocycles. The molecular weight excluding hydrogens is 542 g/mol. The SMILES string of the molecule is O=C(CCN1CCC(c2cccc(C(F)(F)F)c2)CC1)N1CCC(Nc2ccc([N+](=O)[O-])c(C(F)(F)F)c2)CC1. The van der Waals surface area contributed by atoms with E-state index in [9.17, 15) is 41.3 Å². The number of nitro benzene ring substituents is 1. The van der Waals surface area contributed by atoms with Crippen molar-refractivity contribution < 1.29 is 36.1 Å². The molecule has 0 aromatic heterocycles. The molecule has 4 rings (SSSR count). The first-order valence-electron chi connectivity index (χ1n) is 13.1. The first kappa shape index (κ1) is 29.6. The molecule has 0 atom stereocenters. The number of nitrogens with one attached hydrogen (secondary N) is 1. The predicted octanol–water partition coefficient (Wildman–Crippen LogP) is 6.31. The van der Waals surface area contributed by atoms with Crippen LogP contribution >= 0.6 is 0 Å². The molecule has 0 aliphatic carbocycles. The van der Waals surface area contributed by atoms with Gasteiger partial charge in [-0.3, -0.25) is 14.9 Å². The highest BCUT2D eigenvalue weighted by atomic mass is 19.4. The summed E-state index contributed by atoms with van der Waals surface area (Å²) < 4.78 is 78.8. The second kappa shape index (κ2) is 12.0. The van der Waals surface area contributed by atoms with Crippen molar-refractivity contribution in [2.75, 3.05) is 38.0 Å². The van der Waals surface area contributed by atoms with Gasteiger partial charge in [0.1, 0.15) is 5.56 Å². The van der Waals surface area contributed by atoms with Gasteiger partial charge >= 0.3 is 12.4 Å². The monoisotopic (exact) mass is 572 g/mol. The summed E-state index contributed by atoms with van der Waals surface area (Å²) in [5, 5.41) is 13.9. The maximum atomic E-state index is 13.2. The second-order valence-corrected chi connectivity index (χ2v) is 10.3. The van der Waals surface area contributed by atoms with Crippen molar-refractivity contribution in [3.8, 4) is 0 Å². The molecule has 13 heteroatoms. The minimum atomic E-state index is -4.86. The van der Waals surface area contributed by atoms with Gasteiger partial charge in [0.15, 0.2) is 0 Å². The Hall–Kier alpha value is -3.35. The van der Waals surface area contributed by atoms with Crippen molar-refractivity contribution in [2.45, 2.75) is 56.4 Å². The molecule has 1 N–H and O–H groups in total. The van der Waals surface area contributed by atoms with E-state index in [1.54, 1.807) is 11.0 Å². The van der Waals surface area contributed by atoms with Gasteiger partial charge in [-0.25, -0.2) is 0 Å². The van der Waals surface area contributed by atoms with E-state index in [0.717, 1.165) is 18.2 Å². The normalized spacial score (nSPS) is 18.1. The molecule has 40 heavy (non-hydrogen) atoms.